The third kappa shape index (κ3) is 4.94. The van der Waals surface area contributed by atoms with Crippen molar-refractivity contribution in [1.29, 1.82) is 0 Å². The summed E-state index contributed by atoms with van der Waals surface area (Å²) in [5, 5.41) is 3.01. The molecule has 0 saturated carbocycles. The molecule has 1 N–H and O–H groups in total. The minimum atomic E-state index is -0.573. The van der Waals surface area contributed by atoms with Crippen molar-refractivity contribution < 1.29 is 14.3 Å². The highest BCUT2D eigenvalue weighted by Crippen LogP contribution is 2.41. The molecule has 2 aliphatic heterocycles. The third-order valence-corrected chi connectivity index (χ3v) is 8.02. The summed E-state index contributed by atoms with van der Waals surface area (Å²) in [5.74, 6) is 0.379. The molecule has 2 amide bonds. The van der Waals surface area contributed by atoms with Crippen LogP contribution in [-0.4, -0.2) is 38.9 Å². The van der Waals surface area contributed by atoms with Crippen LogP contribution in [0, 0.1) is 0 Å². The fourth-order valence-corrected chi connectivity index (χ4v) is 6.18. The smallest absolute Gasteiger partial charge is 0.253 e. The van der Waals surface area contributed by atoms with Crippen LogP contribution in [0.5, 0.6) is 0 Å². The van der Waals surface area contributed by atoms with Gasteiger partial charge < -0.3 is 10.1 Å². The molecule has 1 unspecified atom stereocenters. The molecule has 1 fully saturated rings. The maximum absolute atomic E-state index is 13.2. The molecule has 36 heavy (non-hydrogen) atoms. The second-order valence-electron chi connectivity index (χ2n) is 8.85. The zero-order valence-corrected chi connectivity index (χ0v) is 21.4. The summed E-state index contributed by atoms with van der Waals surface area (Å²) in [7, 11) is 0. The molecule has 5 nitrogen and oxygen atoms in total. The zero-order valence-electron chi connectivity index (χ0n) is 19.8. The van der Waals surface area contributed by atoms with Gasteiger partial charge in [-0.05, 0) is 41.4 Å². The highest BCUT2D eigenvalue weighted by Gasteiger charge is 2.53. The van der Waals surface area contributed by atoms with Crippen LogP contribution >= 0.6 is 24.0 Å². The van der Waals surface area contributed by atoms with Crippen LogP contribution < -0.4 is 5.32 Å². The number of nitrogens with one attached hydrogen (secondary N) is 1. The Morgan fingerprint density at radius 2 is 1.56 bits per heavy atom. The van der Waals surface area contributed by atoms with E-state index in [0.717, 1.165) is 22.3 Å². The summed E-state index contributed by atoms with van der Waals surface area (Å²) in [6.45, 7) is 1.98. The van der Waals surface area contributed by atoms with E-state index in [1.54, 1.807) is 16.7 Å². The molecule has 3 aromatic carbocycles. The van der Waals surface area contributed by atoms with Crippen LogP contribution in [0.4, 0.5) is 0 Å². The van der Waals surface area contributed by atoms with Crippen LogP contribution in [0.15, 0.2) is 102 Å². The van der Waals surface area contributed by atoms with E-state index < -0.39 is 12.1 Å². The minimum absolute atomic E-state index is 0.162. The van der Waals surface area contributed by atoms with Crippen LogP contribution in [-0.2, 0) is 20.7 Å². The Morgan fingerprint density at radius 1 is 1.00 bits per heavy atom. The van der Waals surface area contributed by atoms with Crippen molar-refractivity contribution in [2.75, 3.05) is 5.75 Å². The van der Waals surface area contributed by atoms with E-state index in [-0.39, 0.29) is 28.7 Å². The van der Waals surface area contributed by atoms with E-state index in [2.05, 4.69) is 5.32 Å². The molecule has 0 bridgehead atoms. The van der Waals surface area contributed by atoms with Gasteiger partial charge in [0.15, 0.2) is 0 Å². The van der Waals surface area contributed by atoms with E-state index in [1.807, 2.05) is 97.9 Å². The van der Waals surface area contributed by atoms with E-state index in [0.29, 0.717) is 11.4 Å². The molecule has 2 aliphatic rings. The Morgan fingerprint density at radius 3 is 2.14 bits per heavy atom. The monoisotopic (exact) mass is 514 g/mol. The number of nitrogens with zero attached hydrogens (tertiary/aromatic N) is 1. The Bertz CT molecular complexity index is 1260. The molecule has 0 aromatic heterocycles. The van der Waals surface area contributed by atoms with Gasteiger partial charge in [-0.1, -0.05) is 91.0 Å². The van der Waals surface area contributed by atoms with Gasteiger partial charge in [-0.25, -0.2) is 0 Å². The lowest BCUT2D eigenvalue weighted by atomic mass is 10.0. The Balaban J connectivity index is 1.32. The molecule has 0 spiro atoms. The average Bonchev–Trinajstić information content (AvgIpc) is 2.91. The quantitative estimate of drug-likeness (QED) is 0.354. The molecule has 2 heterocycles. The highest BCUT2D eigenvalue weighted by atomic mass is 32.2. The summed E-state index contributed by atoms with van der Waals surface area (Å²) in [6.07, 6.45) is -0.160. The van der Waals surface area contributed by atoms with Gasteiger partial charge in [0.25, 0.3) is 5.91 Å². The van der Waals surface area contributed by atoms with Crippen LogP contribution in [0.2, 0.25) is 0 Å². The summed E-state index contributed by atoms with van der Waals surface area (Å²) in [6, 6.07) is 28.8. The Labute approximate surface area is 220 Å². The molecule has 2 atom stereocenters. The molecule has 7 heteroatoms. The molecule has 182 valence electrons. The zero-order chi connectivity index (χ0) is 25.1. The number of rotatable bonds is 7. The minimum Gasteiger partial charge on any atom is -0.469 e. The van der Waals surface area contributed by atoms with E-state index in [9.17, 15) is 9.59 Å². The van der Waals surface area contributed by atoms with Gasteiger partial charge in [0.05, 0.1) is 12.1 Å². The maximum Gasteiger partial charge on any atom is 0.253 e. The van der Waals surface area contributed by atoms with Crippen molar-refractivity contribution in [2.45, 2.75) is 30.9 Å². The van der Waals surface area contributed by atoms with Gasteiger partial charge in [-0.3, -0.25) is 14.5 Å². The lowest BCUT2D eigenvalue weighted by molar-refractivity contribution is -0.145. The average molecular weight is 515 g/mol. The van der Waals surface area contributed by atoms with Gasteiger partial charge in [-0.2, -0.15) is 0 Å². The Hall–Kier alpha value is -3.42. The summed E-state index contributed by atoms with van der Waals surface area (Å²) >= 11 is 7.42. The number of amides is 2. The first-order chi connectivity index (χ1) is 17.5. The fraction of sp³-hybridized carbons (Fsp3) is 0.207. The number of hydrogen-bond donors (Lipinski definition) is 1. The van der Waals surface area contributed by atoms with Crippen molar-refractivity contribution in [3.8, 4) is 0 Å². The first-order valence-electron chi connectivity index (χ1n) is 11.8. The number of β-lactam (4-membered cyclic amide) rings is 1. The van der Waals surface area contributed by atoms with Gasteiger partial charge >= 0.3 is 0 Å². The Kier molecular flexibility index (Phi) is 7.20. The van der Waals surface area contributed by atoms with Crippen LogP contribution in [0.3, 0.4) is 0 Å². The predicted molar refractivity (Wildman–Crippen MR) is 146 cm³/mol. The summed E-state index contributed by atoms with van der Waals surface area (Å²) < 4.78 is 6.41. The number of fused-ring (bicyclic) bond motifs is 1. The second kappa shape index (κ2) is 10.7. The number of ether oxygens (including phenoxy) is 1. The molecule has 0 aliphatic carbocycles. The summed E-state index contributed by atoms with van der Waals surface area (Å²) in [4.78, 5) is 27.5. The SMILES string of the molecule is CC1=C(C(=S)OC(c2ccccc2)c2ccccc2)N2C(=O)C(NC(=O)Cc3ccccc3)[C@H]2SC1. The predicted octanol–water partition coefficient (Wildman–Crippen LogP) is 5.04. The number of benzene rings is 3. The van der Waals surface area contributed by atoms with Gasteiger partial charge in [0, 0.05) is 5.75 Å². The van der Waals surface area contributed by atoms with Crippen LogP contribution in [0.1, 0.15) is 29.7 Å². The molecular formula is C29H26N2O3S2. The number of hydrogen-bond acceptors (Lipinski definition) is 5. The van der Waals surface area contributed by atoms with Crippen molar-refractivity contribution in [2.24, 2.45) is 0 Å². The number of thioether (sulfide) groups is 1. The first kappa shape index (κ1) is 24.3. The molecule has 0 radical (unpaired) electrons. The van der Waals surface area contributed by atoms with Gasteiger partial charge in [0.1, 0.15) is 17.5 Å². The van der Waals surface area contributed by atoms with Crippen LogP contribution in [0.25, 0.3) is 0 Å². The van der Waals surface area contributed by atoms with Crippen molar-refractivity contribution >= 4 is 40.8 Å². The largest absolute Gasteiger partial charge is 0.469 e. The first-order valence-corrected chi connectivity index (χ1v) is 13.3. The number of carbonyl (C=O) groups is 2. The lowest BCUT2D eigenvalue weighted by Gasteiger charge is -2.50. The van der Waals surface area contributed by atoms with E-state index in [4.69, 9.17) is 17.0 Å². The molecule has 5 rings (SSSR count). The lowest BCUT2D eigenvalue weighted by Crippen LogP contribution is -2.70. The van der Waals surface area contributed by atoms with E-state index in [1.165, 1.54) is 0 Å². The maximum atomic E-state index is 13.2. The van der Waals surface area contributed by atoms with Crippen molar-refractivity contribution in [3.63, 3.8) is 0 Å². The number of carbonyl (C=O) groups excluding carboxylic acids is 2. The summed E-state index contributed by atoms with van der Waals surface area (Å²) in [5.41, 5.74) is 4.50. The van der Waals surface area contributed by atoms with Crippen molar-refractivity contribution in [1.82, 2.24) is 10.2 Å². The van der Waals surface area contributed by atoms with E-state index >= 15 is 0 Å². The highest BCUT2D eigenvalue weighted by molar-refractivity contribution is 8.00. The normalized spacial score (nSPS) is 18.9. The molecule has 1 saturated heterocycles. The molecular weight excluding hydrogens is 488 g/mol. The third-order valence-electron chi connectivity index (χ3n) is 6.31. The number of thiocarbonyl (C=S) groups is 1. The molecule has 3 aromatic rings. The fourth-order valence-electron chi connectivity index (χ4n) is 4.52. The topological polar surface area (TPSA) is 58.6 Å². The van der Waals surface area contributed by atoms with Gasteiger partial charge in [0.2, 0.25) is 11.0 Å². The van der Waals surface area contributed by atoms with Crippen molar-refractivity contribution in [3.05, 3.63) is 119 Å². The standard InChI is InChI=1S/C29H26N2O3S2/c1-19-18-36-28-24(30-23(32)17-20-11-5-2-6-12-20)27(33)31(28)25(19)29(35)34-26(21-13-7-3-8-14-21)22-15-9-4-10-16-22/h2-16,24,26,28H,17-18H2,1H3,(H,30,32)/t24?,28-/m1/s1. The van der Waals surface area contributed by atoms with Gasteiger partial charge in [-0.15, -0.1) is 11.8 Å². The second-order valence-corrected chi connectivity index (χ2v) is 10.3.